The molecule has 0 bridgehead atoms. The number of nitrogens with zero attached hydrogens (tertiary/aromatic N) is 2. The Labute approximate surface area is 155 Å². The van der Waals surface area contributed by atoms with E-state index in [1.54, 1.807) is 6.21 Å². The van der Waals surface area contributed by atoms with E-state index >= 15 is 0 Å². The smallest absolute Gasteiger partial charge is 0.407 e. The number of aliphatic imine (C=N–C) groups is 1. The van der Waals surface area contributed by atoms with E-state index in [0.717, 1.165) is 21.5 Å². The molecule has 2 aromatic rings. The predicted molar refractivity (Wildman–Crippen MR) is 101 cm³/mol. The summed E-state index contributed by atoms with van der Waals surface area (Å²) in [6, 6.07) is 15.5. The van der Waals surface area contributed by atoms with Crippen molar-refractivity contribution < 1.29 is 14.6 Å². The van der Waals surface area contributed by atoms with Gasteiger partial charge in [0.25, 0.3) is 0 Å². The molecule has 1 aliphatic rings. The lowest BCUT2D eigenvalue weighted by Gasteiger charge is -2.30. The van der Waals surface area contributed by atoms with Crippen molar-refractivity contribution in [2.24, 2.45) is 4.99 Å². The molecule has 1 fully saturated rings. The normalized spacial score (nSPS) is 15.5. The van der Waals surface area contributed by atoms with Crippen molar-refractivity contribution in [3.63, 3.8) is 0 Å². The van der Waals surface area contributed by atoms with Gasteiger partial charge in [-0.15, -0.1) is 0 Å². The number of carbonyl (C=O) groups is 1. The van der Waals surface area contributed by atoms with Crippen molar-refractivity contribution in [3.05, 3.63) is 58.6 Å². The molecule has 1 aliphatic heterocycles. The molecule has 0 radical (unpaired) electrons. The van der Waals surface area contributed by atoms with Crippen LogP contribution in [0.5, 0.6) is 5.75 Å². The molecule has 0 saturated carbocycles. The first-order valence-electron chi connectivity index (χ1n) is 8.15. The summed E-state index contributed by atoms with van der Waals surface area (Å²) in [7, 11) is 0. The standard InChI is InChI=1S/C19H19BrN2O3/c20-15-5-7-16(8-6-15)21-13-14-3-1-2-4-18(14)25-17-9-11-22(12-10-17)19(23)24/h1-8,13,17H,9-12H2,(H,23,24). The van der Waals surface area contributed by atoms with Crippen LogP contribution in [0, 0.1) is 0 Å². The molecule has 0 aliphatic carbocycles. The third-order valence-electron chi connectivity index (χ3n) is 4.10. The van der Waals surface area contributed by atoms with Gasteiger partial charge in [0.15, 0.2) is 0 Å². The van der Waals surface area contributed by atoms with Gasteiger partial charge in [0, 0.05) is 42.2 Å². The second-order valence-electron chi connectivity index (χ2n) is 5.86. The van der Waals surface area contributed by atoms with E-state index in [1.807, 2.05) is 48.5 Å². The number of carboxylic acid groups (broad SMARTS) is 1. The van der Waals surface area contributed by atoms with Crippen LogP contribution < -0.4 is 4.74 Å². The fraction of sp³-hybridized carbons (Fsp3) is 0.263. The summed E-state index contributed by atoms with van der Waals surface area (Å²) < 4.78 is 7.12. The van der Waals surface area contributed by atoms with Gasteiger partial charge in [-0.05, 0) is 36.4 Å². The Kier molecular flexibility index (Phi) is 5.71. The van der Waals surface area contributed by atoms with Gasteiger partial charge in [0.2, 0.25) is 0 Å². The van der Waals surface area contributed by atoms with Crippen molar-refractivity contribution in [2.45, 2.75) is 18.9 Å². The van der Waals surface area contributed by atoms with E-state index < -0.39 is 6.09 Å². The van der Waals surface area contributed by atoms with Crippen LogP contribution in [0.15, 0.2) is 58.0 Å². The highest BCUT2D eigenvalue weighted by Crippen LogP contribution is 2.23. The summed E-state index contributed by atoms with van der Waals surface area (Å²) in [5.41, 5.74) is 1.78. The predicted octanol–water partition coefficient (Wildman–Crippen LogP) is 4.72. The van der Waals surface area contributed by atoms with Crippen molar-refractivity contribution in [1.82, 2.24) is 4.90 Å². The summed E-state index contributed by atoms with van der Waals surface area (Å²) in [4.78, 5) is 16.9. The monoisotopic (exact) mass is 402 g/mol. The third kappa shape index (κ3) is 4.82. The molecule has 2 aromatic carbocycles. The number of likely N-dealkylation sites (tertiary alicyclic amines) is 1. The molecular weight excluding hydrogens is 384 g/mol. The summed E-state index contributed by atoms with van der Waals surface area (Å²) >= 11 is 3.41. The Bertz CT molecular complexity index is 754. The molecule has 0 spiro atoms. The van der Waals surface area contributed by atoms with Crippen molar-refractivity contribution in [3.8, 4) is 5.75 Å². The third-order valence-corrected chi connectivity index (χ3v) is 4.63. The molecule has 1 N–H and O–H groups in total. The van der Waals surface area contributed by atoms with Crippen LogP contribution in [0.1, 0.15) is 18.4 Å². The Hall–Kier alpha value is -2.34. The highest BCUT2D eigenvalue weighted by atomic mass is 79.9. The van der Waals surface area contributed by atoms with Gasteiger partial charge in [-0.25, -0.2) is 4.79 Å². The number of rotatable bonds is 4. The molecule has 130 valence electrons. The first-order chi connectivity index (χ1) is 12.1. The molecule has 1 saturated heterocycles. The zero-order valence-electron chi connectivity index (χ0n) is 13.6. The highest BCUT2D eigenvalue weighted by Gasteiger charge is 2.23. The van der Waals surface area contributed by atoms with Gasteiger partial charge >= 0.3 is 6.09 Å². The lowest BCUT2D eigenvalue weighted by molar-refractivity contribution is 0.0894. The molecule has 0 atom stereocenters. The van der Waals surface area contributed by atoms with Crippen LogP contribution in [-0.2, 0) is 0 Å². The topological polar surface area (TPSA) is 62.1 Å². The average molecular weight is 403 g/mol. The second kappa shape index (κ2) is 8.16. The maximum absolute atomic E-state index is 11.0. The van der Waals surface area contributed by atoms with Crippen LogP contribution in [0.2, 0.25) is 0 Å². The summed E-state index contributed by atoms with van der Waals surface area (Å²) in [6.45, 7) is 1.02. The fourth-order valence-corrected chi connectivity index (χ4v) is 2.97. The van der Waals surface area contributed by atoms with E-state index in [0.29, 0.717) is 25.9 Å². The second-order valence-corrected chi connectivity index (χ2v) is 6.77. The van der Waals surface area contributed by atoms with Crippen LogP contribution in [-0.4, -0.2) is 41.5 Å². The molecule has 6 heteroatoms. The Morgan fingerprint density at radius 3 is 2.52 bits per heavy atom. The molecule has 1 amide bonds. The minimum atomic E-state index is -0.861. The highest BCUT2D eigenvalue weighted by molar-refractivity contribution is 9.10. The van der Waals surface area contributed by atoms with Crippen LogP contribution >= 0.6 is 15.9 Å². The molecule has 0 unspecified atom stereocenters. The zero-order chi connectivity index (χ0) is 17.6. The Morgan fingerprint density at radius 2 is 1.84 bits per heavy atom. The van der Waals surface area contributed by atoms with E-state index in [1.165, 1.54) is 4.90 Å². The number of para-hydroxylation sites is 1. The lowest BCUT2D eigenvalue weighted by atomic mass is 10.1. The summed E-state index contributed by atoms with van der Waals surface area (Å²) in [6.07, 6.45) is 2.36. The summed E-state index contributed by atoms with van der Waals surface area (Å²) in [5.74, 6) is 0.775. The average Bonchev–Trinajstić information content (AvgIpc) is 2.63. The maximum atomic E-state index is 11.0. The largest absolute Gasteiger partial charge is 0.490 e. The van der Waals surface area contributed by atoms with E-state index in [9.17, 15) is 4.79 Å². The SMILES string of the molecule is O=C(O)N1CCC(Oc2ccccc2C=Nc2ccc(Br)cc2)CC1. The molecule has 3 rings (SSSR count). The minimum absolute atomic E-state index is 0.0258. The molecular formula is C19H19BrN2O3. The number of hydrogen-bond donors (Lipinski definition) is 1. The van der Waals surface area contributed by atoms with E-state index in [-0.39, 0.29) is 6.10 Å². The van der Waals surface area contributed by atoms with Crippen LogP contribution in [0.4, 0.5) is 10.5 Å². The molecule has 0 aromatic heterocycles. The number of halogens is 1. The Balaban J connectivity index is 1.67. The van der Waals surface area contributed by atoms with Crippen molar-refractivity contribution in [2.75, 3.05) is 13.1 Å². The van der Waals surface area contributed by atoms with Crippen molar-refractivity contribution in [1.29, 1.82) is 0 Å². The first kappa shape index (κ1) is 17.5. The number of piperidine rings is 1. The minimum Gasteiger partial charge on any atom is -0.490 e. The van der Waals surface area contributed by atoms with Gasteiger partial charge in [-0.2, -0.15) is 0 Å². The van der Waals surface area contributed by atoms with Crippen molar-refractivity contribution >= 4 is 33.9 Å². The Morgan fingerprint density at radius 1 is 1.16 bits per heavy atom. The molecule has 25 heavy (non-hydrogen) atoms. The quantitative estimate of drug-likeness (QED) is 0.752. The van der Waals surface area contributed by atoms with Crippen LogP contribution in [0.3, 0.4) is 0 Å². The maximum Gasteiger partial charge on any atom is 0.407 e. The van der Waals surface area contributed by atoms with E-state index in [2.05, 4.69) is 20.9 Å². The van der Waals surface area contributed by atoms with Gasteiger partial charge in [-0.1, -0.05) is 28.1 Å². The molecule has 1 heterocycles. The summed E-state index contributed by atoms with van der Waals surface area (Å²) in [5, 5.41) is 9.02. The van der Waals surface area contributed by atoms with Gasteiger partial charge < -0.3 is 14.7 Å². The number of ether oxygens (including phenoxy) is 1. The lowest BCUT2D eigenvalue weighted by Crippen LogP contribution is -2.41. The van der Waals surface area contributed by atoms with Gasteiger partial charge in [-0.3, -0.25) is 4.99 Å². The van der Waals surface area contributed by atoms with E-state index in [4.69, 9.17) is 9.84 Å². The molecule has 5 nitrogen and oxygen atoms in total. The van der Waals surface area contributed by atoms with Crippen LogP contribution in [0.25, 0.3) is 0 Å². The number of benzene rings is 2. The first-order valence-corrected chi connectivity index (χ1v) is 8.94. The number of amides is 1. The zero-order valence-corrected chi connectivity index (χ0v) is 15.2. The number of hydrogen-bond acceptors (Lipinski definition) is 3. The van der Waals surface area contributed by atoms with Gasteiger partial charge in [0.05, 0.1) is 5.69 Å². The fourth-order valence-electron chi connectivity index (χ4n) is 2.71. The van der Waals surface area contributed by atoms with Gasteiger partial charge in [0.1, 0.15) is 11.9 Å².